The van der Waals surface area contributed by atoms with Crippen molar-refractivity contribution in [3.63, 3.8) is 0 Å². The number of hydrogen-bond donors (Lipinski definition) is 1. The molecule has 0 spiro atoms. The monoisotopic (exact) mass is 346 g/mol. The van der Waals surface area contributed by atoms with Crippen molar-refractivity contribution >= 4 is 22.4 Å². The maximum absolute atomic E-state index is 12.4. The normalized spacial score (nSPS) is 11.4. The molecule has 3 rings (SSSR count). The lowest BCUT2D eigenvalue weighted by Crippen LogP contribution is -2.22. The lowest BCUT2D eigenvalue weighted by Gasteiger charge is -2.08. The van der Waals surface area contributed by atoms with Crippen LogP contribution in [0.3, 0.4) is 0 Å². The highest BCUT2D eigenvalue weighted by atomic mass is 16.5. The van der Waals surface area contributed by atoms with E-state index < -0.39 is 0 Å². The minimum atomic E-state index is -0.124. The summed E-state index contributed by atoms with van der Waals surface area (Å²) in [6.45, 7) is 2.01. The van der Waals surface area contributed by atoms with Gasteiger partial charge in [0.15, 0.2) is 0 Å². The van der Waals surface area contributed by atoms with Crippen LogP contribution in [0.1, 0.15) is 24.5 Å². The zero-order chi connectivity index (χ0) is 18.4. The zero-order valence-electron chi connectivity index (χ0n) is 15.0. The third-order valence-corrected chi connectivity index (χ3v) is 4.30. The molecule has 132 valence electrons. The van der Waals surface area contributed by atoms with Crippen LogP contribution in [0, 0.1) is 0 Å². The Hall–Kier alpha value is -3.14. The van der Waals surface area contributed by atoms with Gasteiger partial charge in [0.2, 0.25) is 5.91 Å². The Balaban J connectivity index is 1.72. The van der Waals surface area contributed by atoms with Gasteiger partial charge in [0.25, 0.3) is 0 Å². The van der Waals surface area contributed by atoms with Crippen LogP contribution in [0.5, 0.6) is 5.75 Å². The van der Waals surface area contributed by atoms with Crippen LogP contribution in [-0.4, -0.2) is 18.7 Å². The number of benzene rings is 3. The van der Waals surface area contributed by atoms with Gasteiger partial charge in [-0.05, 0) is 52.6 Å². The second-order valence-corrected chi connectivity index (χ2v) is 5.99. The van der Waals surface area contributed by atoms with Crippen molar-refractivity contribution in [2.24, 2.45) is 5.10 Å². The van der Waals surface area contributed by atoms with E-state index in [2.05, 4.69) is 10.5 Å². The van der Waals surface area contributed by atoms with Gasteiger partial charge in [0.1, 0.15) is 5.75 Å². The summed E-state index contributed by atoms with van der Waals surface area (Å²) < 4.78 is 5.17. The van der Waals surface area contributed by atoms with Gasteiger partial charge in [0, 0.05) is 0 Å². The fourth-order valence-electron chi connectivity index (χ4n) is 2.92. The van der Waals surface area contributed by atoms with Gasteiger partial charge in [-0.15, -0.1) is 0 Å². The summed E-state index contributed by atoms with van der Waals surface area (Å²) in [6, 6.07) is 21.7. The molecule has 3 aromatic rings. The Morgan fingerprint density at radius 1 is 1.00 bits per heavy atom. The van der Waals surface area contributed by atoms with E-state index in [1.165, 1.54) is 0 Å². The maximum Gasteiger partial charge on any atom is 0.244 e. The molecule has 0 bridgehead atoms. The van der Waals surface area contributed by atoms with Gasteiger partial charge in [0.05, 0.1) is 19.2 Å². The van der Waals surface area contributed by atoms with Crippen LogP contribution in [0.2, 0.25) is 0 Å². The molecule has 0 unspecified atom stereocenters. The van der Waals surface area contributed by atoms with Gasteiger partial charge in [-0.2, -0.15) is 5.10 Å². The Labute approximate surface area is 153 Å². The third kappa shape index (κ3) is 4.09. The highest BCUT2D eigenvalue weighted by Crippen LogP contribution is 2.19. The molecular formula is C22H22N2O2. The molecule has 3 aromatic carbocycles. The predicted octanol–water partition coefficient (Wildman–Crippen LogP) is 4.32. The number of ether oxygens (including phenoxy) is 1. The van der Waals surface area contributed by atoms with Crippen LogP contribution < -0.4 is 10.2 Å². The van der Waals surface area contributed by atoms with Gasteiger partial charge in [-0.1, -0.05) is 49.4 Å². The number of methoxy groups -OCH3 is 1. The van der Waals surface area contributed by atoms with Crippen molar-refractivity contribution in [3.05, 3.63) is 77.9 Å². The number of fused-ring (bicyclic) bond motifs is 1. The number of amides is 1. The van der Waals surface area contributed by atoms with E-state index in [1.807, 2.05) is 73.7 Å². The average Bonchev–Trinajstić information content (AvgIpc) is 2.69. The molecule has 1 amide bonds. The molecule has 0 aliphatic carbocycles. The van der Waals surface area contributed by atoms with Gasteiger partial charge < -0.3 is 4.74 Å². The number of nitrogens with zero attached hydrogens (tertiary/aromatic N) is 1. The molecule has 0 heterocycles. The van der Waals surface area contributed by atoms with Crippen molar-refractivity contribution in [2.45, 2.75) is 19.8 Å². The second-order valence-electron chi connectivity index (χ2n) is 5.99. The van der Waals surface area contributed by atoms with Crippen molar-refractivity contribution in [2.75, 3.05) is 7.11 Å². The van der Waals surface area contributed by atoms with Crippen molar-refractivity contribution in [1.29, 1.82) is 0 Å². The molecule has 0 atom stereocenters. The van der Waals surface area contributed by atoms with E-state index in [9.17, 15) is 4.79 Å². The molecule has 0 aliphatic rings. The van der Waals surface area contributed by atoms with Crippen LogP contribution >= 0.6 is 0 Å². The Kier molecular flexibility index (Phi) is 5.64. The zero-order valence-corrected chi connectivity index (χ0v) is 15.0. The van der Waals surface area contributed by atoms with Crippen LogP contribution in [0.25, 0.3) is 10.8 Å². The highest BCUT2D eigenvalue weighted by molar-refractivity contribution is 6.01. The van der Waals surface area contributed by atoms with Gasteiger partial charge in [-0.3, -0.25) is 4.79 Å². The van der Waals surface area contributed by atoms with Crippen molar-refractivity contribution in [1.82, 2.24) is 5.43 Å². The number of carbonyl (C=O) groups excluding carboxylic acids is 1. The Bertz CT molecular complexity index is 925. The van der Waals surface area contributed by atoms with Gasteiger partial charge >= 0.3 is 0 Å². The smallest absolute Gasteiger partial charge is 0.244 e. The molecule has 0 radical (unpaired) electrons. The molecular weight excluding hydrogens is 324 g/mol. The summed E-state index contributed by atoms with van der Waals surface area (Å²) in [5.41, 5.74) is 5.49. The van der Waals surface area contributed by atoms with E-state index in [0.29, 0.717) is 6.42 Å². The molecule has 4 nitrogen and oxygen atoms in total. The molecule has 26 heavy (non-hydrogen) atoms. The minimum absolute atomic E-state index is 0.124. The van der Waals surface area contributed by atoms with Gasteiger partial charge in [-0.25, -0.2) is 5.43 Å². The molecule has 0 saturated carbocycles. The van der Waals surface area contributed by atoms with E-state index >= 15 is 0 Å². The standard InChI is InChI=1S/C22H22N2O2/c1-3-21(17-11-13-19(26-2)14-12-17)23-24-22(25)15-18-9-6-8-16-7-4-5-10-20(16)18/h4-14H,3,15H2,1-2H3,(H,24,25). The lowest BCUT2D eigenvalue weighted by molar-refractivity contribution is -0.120. The molecule has 0 saturated heterocycles. The molecule has 0 aromatic heterocycles. The topological polar surface area (TPSA) is 50.7 Å². The number of carbonyl (C=O) groups is 1. The molecule has 0 aliphatic heterocycles. The van der Waals surface area contributed by atoms with E-state index in [1.54, 1.807) is 7.11 Å². The average molecular weight is 346 g/mol. The number of rotatable bonds is 6. The maximum atomic E-state index is 12.4. The van der Waals surface area contributed by atoms with Crippen molar-refractivity contribution < 1.29 is 9.53 Å². The summed E-state index contributed by atoms with van der Waals surface area (Å²) in [4.78, 5) is 12.4. The first kappa shape index (κ1) is 17.7. The summed E-state index contributed by atoms with van der Waals surface area (Å²) >= 11 is 0. The quantitative estimate of drug-likeness (QED) is 0.534. The summed E-state index contributed by atoms with van der Waals surface area (Å²) in [5.74, 6) is 0.671. The first-order chi connectivity index (χ1) is 12.7. The third-order valence-electron chi connectivity index (χ3n) is 4.30. The largest absolute Gasteiger partial charge is 0.497 e. The summed E-state index contributed by atoms with van der Waals surface area (Å²) in [5, 5.41) is 6.55. The Morgan fingerprint density at radius 2 is 1.73 bits per heavy atom. The minimum Gasteiger partial charge on any atom is -0.497 e. The number of hydrazone groups is 1. The lowest BCUT2D eigenvalue weighted by atomic mass is 10.0. The first-order valence-electron chi connectivity index (χ1n) is 8.67. The number of hydrogen-bond acceptors (Lipinski definition) is 3. The van der Waals surface area contributed by atoms with E-state index in [4.69, 9.17) is 4.74 Å². The van der Waals surface area contributed by atoms with Crippen LogP contribution in [-0.2, 0) is 11.2 Å². The van der Waals surface area contributed by atoms with E-state index in [-0.39, 0.29) is 5.91 Å². The Morgan fingerprint density at radius 3 is 2.46 bits per heavy atom. The predicted molar refractivity (Wildman–Crippen MR) is 106 cm³/mol. The molecule has 1 N–H and O–H groups in total. The van der Waals surface area contributed by atoms with Crippen LogP contribution in [0.4, 0.5) is 0 Å². The van der Waals surface area contributed by atoms with Crippen molar-refractivity contribution in [3.8, 4) is 5.75 Å². The molecule has 4 heteroatoms. The summed E-state index contributed by atoms with van der Waals surface area (Å²) in [6.07, 6.45) is 1.02. The highest BCUT2D eigenvalue weighted by Gasteiger charge is 2.07. The fraction of sp³-hybridized carbons (Fsp3) is 0.182. The first-order valence-corrected chi connectivity index (χ1v) is 8.67. The number of nitrogens with one attached hydrogen (secondary N) is 1. The van der Waals surface area contributed by atoms with Crippen LogP contribution in [0.15, 0.2) is 71.8 Å². The SMILES string of the molecule is CCC(=NNC(=O)Cc1cccc2ccccc12)c1ccc(OC)cc1. The van der Waals surface area contributed by atoms with E-state index in [0.717, 1.165) is 39.8 Å². The molecule has 0 fully saturated rings. The fourth-order valence-corrected chi connectivity index (χ4v) is 2.92. The summed E-state index contributed by atoms with van der Waals surface area (Å²) in [7, 11) is 1.64. The second kappa shape index (κ2) is 8.30.